The number of ether oxygens (including phenoxy) is 1. The number of carboxylic acids is 1. The summed E-state index contributed by atoms with van der Waals surface area (Å²) in [6.07, 6.45) is 46.7. The van der Waals surface area contributed by atoms with Gasteiger partial charge < -0.3 is 9.84 Å². The van der Waals surface area contributed by atoms with E-state index in [1.165, 1.54) is 180 Å². The summed E-state index contributed by atoms with van der Waals surface area (Å²) >= 11 is 0. The van der Waals surface area contributed by atoms with Crippen LogP contribution in [0.5, 0.6) is 0 Å². The van der Waals surface area contributed by atoms with Crippen molar-refractivity contribution in [1.82, 2.24) is 0 Å². The van der Waals surface area contributed by atoms with Crippen LogP contribution >= 0.6 is 0 Å². The molecule has 0 rings (SSSR count). The largest absolute Gasteiger partial charge is 0.481 e. The Hall–Kier alpha value is -1.32. The average Bonchev–Trinajstić information content (AvgIpc) is 3.03. The highest BCUT2D eigenvalue weighted by Crippen LogP contribution is 2.17. The highest BCUT2D eigenvalue weighted by atomic mass is 16.5. The third-order valence-corrected chi connectivity index (χ3v) is 9.47. The van der Waals surface area contributed by atoms with Crippen LogP contribution in [0.3, 0.4) is 0 Å². The number of carbonyl (C=O) groups is 2. The van der Waals surface area contributed by atoms with Crippen LogP contribution in [0.2, 0.25) is 0 Å². The van der Waals surface area contributed by atoms with Gasteiger partial charge in [0.05, 0.1) is 6.42 Å². The summed E-state index contributed by atoms with van der Waals surface area (Å²) in [5.41, 5.74) is 0. The Balaban J connectivity index is 3.61. The minimum atomic E-state index is -0.877. The van der Waals surface area contributed by atoms with E-state index in [0.717, 1.165) is 25.7 Å². The van der Waals surface area contributed by atoms with Crippen LogP contribution in [0.1, 0.15) is 239 Å². The molecule has 0 saturated carbocycles. The molecule has 4 heteroatoms. The number of rotatable bonds is 38. The number of allylic oxidation sites excluding steroid dienone is 2. The van der Waals surface area contributed by atoms with Crippen molar-refractivity contribution in [2.75, 3.05) is 0 Å². The molecule has 0 aromatic carbocycles. The first-order chi connectivity index (χ1) is 22.6. The first kappa shape index (κ1) is 44.7. The molecule has 0 aromatic rings. The summed E-state index contributed by atoms with van der Waals surface area (Å²) in [5, 5.41) is 9.28. The third-order valence-electron chi connectivity index (χ3n) is 9.47. The van der Waals surface area contributed by atoms with Crippen molar-refractivity contribution in [3.8, 4) is 0 Å². The Morgan fingerprint density at radius 1 is 0.478 bits per heavy atom. The first-order valence-electron chi connectivity index (χ1n) is 20.7. The van der Waals surface area contributed by atoms with Crippen LogP contribution in [-0.4, -0.2) is 23.1 Å². The summed E-state index contributed by atoms with van der Waals surface area (Å²) in [5.74, 6) is -1.09. The minimum Gasteiger partial charge on any atom is -0.481 e. The van der Waals surface area contributed by atoms with Gasteiger partial charge in [-0.2, -0.15) is 0 Å². The molecule has 0 aliphatic carbocycles. The Morgan fingerprint density at radius 2 is 0.804 bits per heavy atom. The normalized spacial score (nSPS) is 12.2. The van der Waals surface area contributed by atoms with E-state index in [2.05, 4.69) is 26.0 Å². The standard InChI is InChI=1S/C42H80O4/c1-3-5-7-9-11-13-15-17-19-21-23-25-27-29-31-33-35-37-40(39-41(43)44)46-42(45)38-36-34-32-30-28-26-24-22-20-18-16-14-12-10-8-6-4-2/h18,20,40H,3-17,19,21-39H2,1-2H3,(H,43,44)/b20-18-. The molecule has 0 spiro atoms. The number of esters is 1. The molecule has 272 valence electrons. The van der Waals surface area contributed by atoms with Gasteiger partial charge in [-0.15, -0.1) is 0 Å². The minimum absolute atomic E-state index is 0.0706. The topological polar surface area (TPSA) is 63.6 Å². The van der Waals surface area contributed by atoms with E-state index in [4.69, 9.17) is 4.74 Å². The molecule has 0 amide bonds. The Morgan fingerprint density at radius 3 is 1.17 bits per heavy atom. The van der Waals surface area contributed by atoms with E-state index in [0.29, 0.717) is 12.8 Å². The average molecular weight is 649 g/mol. The maximum atomic E-state index is 12.4. The molecule has 1 N–H and O–H groups in total. The molecular weight excluding hydrogens is 568 g/mol. The van der Waals surface area contributed by atoms with Gasteiger partial charge in [0.1, 0.15) is 6.10 Å². The van der Waals surface area contributed by atoms with Gasteiger partial charge in [-0.1, -0.05) is 193 Å². The molecular formula is C42H80O4. The lowest BCUT2D eigenvalue weighted by molar-refractivity contribution is -0.153. The van der Waals surface area contributed by atoms with Gasteiger partial charge >= 0.3 is 11.9 Å². The number of unbranched alkanes of at least 4 members (excludes halogenated alkanes) is 29. The summed E-state index contributed by atoms with van der Waals surface area (Å²) in [7, 11) is 0. The van der Waals surface area contributed by atoms with Crippen LogP contribution in [0.25, 0.3) is 0 Å². The fraction of sp³-hybridized carbons (Fsp3) is 0.905. The molecule has 0 radical (unpaired) electrons. The van der Waals surface area contributed by atoms with Gasteiger partial charge in [-0.3, -0.25) is 9.59 Å². The van der Waals surface area contributed by atoms with E-state index in [1.807, 2.05) is 0 Å². The van der Waals surface area contributed by atoms with Crippen molar-refractivity contribution in [2.45, 2.75) is 245 Å². The number of hydrogen-bond donors (Lipinski definition) is 1. The molecule has 0 saturated heterocycles. The zero-order valence-corrected chi connectivity index (χ0v) is 31.2. The molecule has 0 fully saturated rings. The highest BCUT2D eigenvalue weighted by Gasteiger charge is 2.17. The number of carbonyl (C=O) groups excluding carboxylic acids is 1. The van der Waals surface area contributed by atoms with E-state index in [1.54, 1.807) is 0 Å². The summed E-state index contributed by atoms with van der Waals surface area (Å²) < 4.78 is 5.59. The lowest BCUT2D eigenvalue weighted by Gasteiger charge is -2.16. The molecule has 0 aromatic heterocycles. The Bertz CT molecular complexity index is 658. The van der Waals surface area contributed by atoms with Crippen molar-refractivity contribution < 1.29 is 19.4 Å². The monoisotopic (exact) mass is 649 g/mol. The molecule has 1 unspecified atom stereocenters. The van der Waals surface area contributed by atoms with Crippen molar-refractivity contribution >= 4 is 11.9 Å². The SMILES string of the molecule is CCCCCCCC/C=C\CCCCCCCCCC(=O)OC(CCCCCCCCCCCCCCCCCCC)CC(=O)O. The first-order valence-corrected chi connectivity index (χ1v) is 20.7. The van der Waals surface area contributed by atoms with Crippen LogP contribution in [0.4, 0.5) is 0 Å². The molecule has 0 aliphatic rings. The van der Waals surface area contributed by atoms with Crippen LogP contribution in [0.15, 0.2) is 12.2 Å². The number of carboxylic acid groups (broad SMARTS) is 1. The highest BCUT2D eigenvalue weighted by molar-refractivity contribution is 5.71. The predicted octanol–water partition coefficient (Wildman–Crippen LogP) is 14.2. The Kier molecular flexibility index (Phi) is 37.0. The Labute approximate surface area is 287 Å². The molecule has 0 bridgehead atoms. The lowest BCUT2D eigenvalue weighted by atomic mass is 10.0. The van der Waals surface area contributed by atoms with E-state index in [-0.39, 0.29) is 12.4 Å². The lowest BCUT2D eigenvalue weighted by Crippen LogP contribution is -2.21. The molecule has 0 heterocycles. The van der Waals surface area contributed by atoms with Gasteiger partial charge in [0, 0.05) is 6.42 Å². The maximum Gasteiger partial charge on any atom is 0.307 e. The van der Waals surface area contributed by atoms with Gasteiger partial charge in [0.2, 0.25) is 0 Å². The number of aliphatic carboxylic acids is 1. The van der Waals surface area contributed by atoms with Crippen molar-refractivity contribution in [3.05, 3.63) is 12.2 Å². The summed E-state index contributed by atoms with van der Waals surface area (Å²) in [6.45, 7) is 4.55. The fourth-order valence-electron chi connectivity index (χ4n) is 6.43. The maximum absolute atomic E-state index is 12.4. The number of hydrogen-bond acceptors (Lipinski definition) is 3. The van der Waals surface area contributed by atoms with Crippen LogP contribution in [0, 0.1) is 0 Å². The van der Waals surface area contributed by atoms with Crippen molar-refractivity contribution in [1.29, 1.82) is 0 Å². The summed E-state index contributed by atoms with van der Waals surface area (Å²) in [6, 6.07) is 0. The van der Waals surface area contributed by atoms with E-state index in [9.17, 15) is 14.7 Å². The van der Waals surface area contributed by atoms with Gasteiger partial charge in [0.15, 0.2) is 0 Å². The molecule has 4 nitrogen and oxygen atoms in total. The van der Waals surface area contributed by atoms with Crippen molar-refractivity contribution in [3.63, 3.8) is 0 Å². The van der Waals surface area contributed by atoms with E-state index >= 15 is 0 Å². The second-order valence-corrected chi connectivity index (χ2v) is 14.2. The van der Waals surface area contributed by atoms with Crippen LogP contribution in [-0.2, 0) is 14.3 Å². The third kappa shape index (κ3) is 37.1. The summed E-state index contributed by atoms with van der Waals surface area (Å²) in [4.78, 5) is 23.7. The zero-order chi connectivity index (χ0) is 33.6. The van der Waals surface area contributed by atoms with Crippen molar-refractivity contribution in [2.24, 2.45) is 0 Å². The quantitative estimate of drug-likeness (QED) is 0.0411. The second-order valence-electron chi connectivity index (χ2n) is 14.2. The zero-order valence-electron chi connectivity index (χ0n) is 31.2. The van der Waals surface area contributed by atoms with Crippen LogP contribution < -0.4 is 0 Å². The van der Waals surface area contributed by atoms with Gasteiger partial charge in [-0.25, -0.2) is 0 Å². The molecule has 1 atom stereocenters. The molecule has 46 heavy (non-hydrogen) atoms. The smallest absolute Gasteiger partial charge is 0.307 e. The second kappa shape index (κ2) is 38.1. The fourth-order valence-corrected chi connectivity index (χ4v) is 6.43. The van der Waals surface area contributed by atoms with E-state index < -0.39 is 12.1 Å². The van der Waals surface area contributed by atoms with Gasteiger partial charge in [0.25, 0.3) is 0 Å². The van der Waals surface area contributed by atoms with Gasteiger partial charge in [-0.05, 0) is 44.9 Å². The molecule has 0 aliphatic heterocycles. The predicted molar refractivity (Wildman–Crippen MR) is 200 cm³/mol.